The van der Waals surface area contributed by atoms with Gasteiger partial charge < -0.3 is 15.4 Å². The lowest BCUT2D eigenvalue weighted by atomic mass is 10.3. The van der Waals surface area contributed by atoms with Gasteiger partial charge in [-0.15, -0.1) is 0 Å². The Morgan fingerprint density at radius 3 is 2.62 bits per heavy atom. The number of rotatable bonds is 5. The number of methoxy groups -OCH3 is 1. The fourth-order valence-electron chi connectivity index (χ4n) is 1.64. The van der Waals surface area contributed by atoms with E-state index in [1.54, 1.807) is 13.2 Å². The summed E-state index contributed by atoms with van der Waals surface area (Å²) in [7, 11) is 1.62. The fourth-order valence-corrected chi connectivity index (χ4v) is 1.64. The van der Waals surface area contributed by atoms with Gasteiger partial charge in [-0.1, -0.05) is 0 Å². The summed E-state index contributed by atoms with van der Waals surface area (Å²) in [4.78, 5) is 10.7. The van der Waals surface area contributed by atoms with Gasteiger partial charge >= 0.3 is 0 Å². The van der Waals surface area contributed by atoms with Crippen LogP contribution in [0.25, 0.3) is 0 Å². The molecule has 0 radical (unpaired) electrons. The van der Waals surface area contributed by atoms with E-state index in [0.717, 1.165) is 12.4 Å². The zero-order valence-electron chi connectivity index (χ0n) is 10.4. The number of nitrogen functional groups attached to an aromatic ring is 1. The van der Waals surface area contributed by atoms with E-state index in [-0.39, 0.29) is 0 Å². The Morgan fingerprint density at radius 2 is 2.12 bits per heavy atom. The quantitative estimate of drug-likeness (QED) is 0.820. The highest BCUT2D eigenvalue weighted by Crippen LogP contribution is 2.16. The van der Waals surface area contributed by atoms with Crippen molar-refractivity contribution in [2.75, 3.05) is 24.3 Å². The Morgan fingerprint density at radius 1 is 1.44 bits per heavy atom. The van der Waals surface area contributed by atoms with Crippen LogP contribution in [0.5, 0.6) is 0 Å². The van der Waals surface area contributed by atoms with Gasteiger partial charge in [0.2, 0.25) is 0 Å². The highest BCUT2D eigenvalue weighted by molar-refractivity contribution is 5.47. The molecule has 0 unspecified atom stereocenters. The summed E-state index contributed by atoms with van der Waals surface area (Å²) in [5.41, 5.74) is 5.75. The standard InChI is InChI=1S/C11H20N4O/c1-5-15(8(2)3)11-6-9(12)13-10(14-11)7-16-4/h6,8H,5,7H2,1-4H3,(H2,12,13,14). The van der Waals surface area contributed by atoms with Crippen LogP contribution in [0.1, 0.15) is 26.6 Å². The van der Waals surface area contributed by atoms with Crippen LogP contribution < -0.4 is 10.6 Å². The minimum atomic E-state index is 0.383. The maximum absolute atomic E-state index is 5.75. The first-order valence-corrected chi connectivity index (χ1v) is 5.47. The second-order valence-electron chi connectivity index (χ2n) is 3.88. The van der Waals surface area contributed by atoms with Crippen molar-refractivity contribution >= 4 is 11.6 Å². The first-order valence-electron chi connectivity index (χ1n) is 5.47. The Kier molecular flexibility index (Phi) is 4.49. The molecule has 0 fully saturated rings. The van der Waals surface area contributed by atoms with Gasteiger partial charge in [-0.05, 0) is 20.8 Å². The van der Waals surface area contributed by atoms with Crippen LogP contribution in [-0.2, 0) is 11.3 Å². The SMILES string of the molecule is CCN(c1cc(N)nc(COC)n1)C(C)C. The third kappa shape index (κ3) is 3.06. The number of nitrogens with two attached hydrogens (primary N) is 1. The van der Waals surface area contributed by atoms with Crippen LogP contribution in [0.15, 0.2) is 6.07 Å². The van der Waals surface area contributed by atoms with Crippen molar-refractivity contribution in [3.05, 3.63) is 11.9 Å². The van der Waals surface area contributed by atoms with E-state index in [2.05, 4.69) is 35.6 Å². The molecular formula is C11H20N4O. The lowest BCUT2D eigenvalue weighted by Gasteiger charge is -2.26. The van der Waals surface area contributed by atoms with E-state index in [1.165, 1.54) is 0 Å². The smallest absolute Gasteiger partial charge is 0.158 e. The summed E-state index contributed by atoms with van der Waals surface area (Å²) in [6.07, 6.45) is 0. The molecule has 2 N–H and O–H groups in total. The molecule has 1 aromatic heterocycles. The molecule has 5 nitrogen and oxygen atoms in total. The van der Waals surface area contributed by atoms with Crippen LogP contribution in [0.2, 0.25) is 0 Å². The fraction of sp³-hybridized carbons (Fsp3) is 0.636. The molecule has 0 aliphatic carbocycles. The summed E-state index contributed by atoms with van der Waals surface area (Å²) >= 11 is 0. The molecule has 0 spiro atoms. The van der Waals surface area contributed by atoms with E-state index in [1.807, 2.05) is 0 Å². The number of nitrogens with zero attached hydrogens (tertiary/aromatic N) is 3. The topological polar surface area (TPSA) is 64.3 Å². The largest absolute Gasteiger partial charge is 0.384 e. The average molecular weight is 224 g/mol. The number of hydrogen-bond donors (Lipinski definition) is 1. The number of aromatic nitrogens is 2. The van der Waals surface area contributed by atoms with E-state index in [0.29, 0.717) is 24.3 Å². The summed E-state index contributed by atoms with van der Waals surface area (Å²) < 4.78 is 5.01. The lowest BCUT2D eigenvalue weighted by Crippen LogP contribution is -2.31. The molecule has 1 heterocycles. The first-order chi connectivity index (χ1) is 7.58. The van der Waals surface area contributed by atoms with Gasteiger partial charge in [0.15, 0.2) is 5.82 Å². The van der Waals surface area contributed by atoms with E-state index in [4.69, 9.17) is 10.5 Å². The molecule has 0 amide bonds. The molecule has 0 bridgehead atoms. The third-order valence-electron chi connectivity index (χ3n) is 2.31. The second kappa shape index (κ2) is 5.65. The predicted octanol–water partition coefficient (Wildman–Crippen LogP) is 1.44. The Balaban J connectivity index is 3.02. The van der Waals surface area contributed by atoms with Crippen LogP contribution in [0.3, 0.4) is 0 Å². The highest BCUT2D eigenvalue weighted by atomic mass is 16.5. The summed E-state index contributed by atoms with van der Waals surface area (Å²) in [6.45, 7) is 7.61. The molecule has 1 aromatic rings. The Hall–Kier alpha value is -1.36. The van der Waals surface area contributed by atoms with E-state index in [9.17, 15) is 0 Å². The van der Waals surface area contributed by atoms with Gasteiger partial charge in [0, 0.05) is 25.8 Å². The van der Waals surface area contributed by atoms with Gasteiger partial charge in [0.1, 0.15) is 18.2 Å². The number of ether oxygens (including phenoxy) is 1. The molecule has 0 atom stereocenters. The van der Waals surface area contributed by atoms with Crippen LogP contribution in [0.4, 0.5) is 11.6 Å². The predicted molar refractivity (Wildman–Crippen MR) is 65.3 cm³/mol. The summed E-state index contributed by atoms with van der Waals surface area (Å²) in [5.74, 6) is 1.96. The number of hydrogen-bond acceptors (Lipinski definition) is 5. The van der Waals surface area contributed by atoms with Crippen molar-refractivity contribution in [1.29, 1.82) is 0 Å². The van der Waals surface area contributed by atoms with Crippen molar-refractivity contribution < 1.29 is 4.74 Å². The van der Waals surface area contributed by atoms with Crippen molar-refractivity contribution in [3.8, 4) is 0 Å². The normalized spacial score (nSPS) is 10.8. The lowest BCUT2D eigenvalue weighted by molar-refractivity contribution is 0.178. The van der Waals surface area contributed by atoms with Crippen molar-refractivity contribution in [2.24, 2.45) is 0 Å². The van der Waals surface area contributed by atoms with Gasteiger partial charge in [-0.2, -0.15) is 0 Å². The molecule has 0 saturated carbocycles. The van der Waals surface area contributed by atoms with Gasteiger partial charge in [-0.25, -0.2) is 9.97 Å². The molecule has 0 aromatic carbocycles. The molecule has 0 aliphatic rings. The monoisotopic (exact) mass is 224 g/mol. The third-order valence-corrected chi connectivity index (χ3v) is 2.31. The summed E-state index contributed by atoms with van der Waals surface area (Å²) in [6, 6.07) is 2.18. The maximum atomic E-state index is 5.75. The Labute approximate surface area is 96.6 Å². The minimum Gasteiger partial charge on any atom is -0.384 e. The molecule has 90 valence electrons. The van der Waals surface area contributed by atoms with E-state index >= 15 is 0 Å². The average Bonchev–Trinajstić information content (AvgIpc) is 2.17. The van der Waals surface area contributed by atoms with Crippen LogP contribution in [0, 0.1) is 0 Å². The summed E-state index contributed by atoms with van der Waals surface area (Å²) in [5, 5.41) is 0. The molecular weight excluding hydrogens is 204 g/mol. The van der Waals surface area contributed by atoms with E-state index < -0.39 is 0 Å². The van der Waals surface area contributed by atoms with Crippen molar-refractivity contribution in [1.82, 2.24) is 9.97 Å². The van der Waals surface area contributed by atoms with Gasteiger partial charge in [0.05, 0.1) is 0 Å². The van der Waals surface area contributed by atoms with Crippen molar-refractivity contribution in [2.45, 2.75) is 33.4 Å². The molecule has 1 rings (SSSR count). The second-order valence-corrected chi connectivity index (χ2v) is 3.88. The van der Waals surface area contributed by atoms with Crippen LogP contribution in [-0.4, -0.2) is 29.7 Å². The highest BCUT2D eigenvalue weighted by Gasteiger charge is 2.12. The first kappa shape index (κ1) is 12.7. The van der Waals surface area contributed by atoms with Gasteiger partial charge in [0.25, 0.3) is 0 Å². The van der Waals surface area contributed by atoms with Crippen LogP contribution >= 0.6 is 0 Å². The molecule has 16 heavy (non-hydrogen) atoms. The Bertz CT molecular complexity index is 341. The maximum Gasteiger partial charge on any atom is 0.158 e. The molecule has 5 heteroatoms. The molecule has 0 saturated heterocycles. The molecule has 0 aliphatic heterocycles. The minimum absolute atomic E-state index is 0.383. The number of anilines is 2. The zero-order chi connectivity index (χ0) is 12.1. The van der Waals surface area contributed by atoms with Gasteiger partial charge in [-0.3, -0.25) is 0 Å². The van der Waals surface area contributed by atoms with Crippen molar-refractivity contribution in [3.63, 3.8) is 0 Å². The zero-order valence-corrected chi connectivity index (χ0v) is 10.4.